The molecule has 0 aliphatic rings. The number of thioether (sulfide) groups is 1. The molecular formula is C23H28ClFN2O2S. The van der Waals surface area contributed by atoms with E-state index in [1.165, 1.54) is 22.7 Å². The fraction of sp³-hybridized carbons (Fsp3) is 0.391. The number of carbonyl (C=O) groups excluding carboxylic acids is 2. The third-order valence-corrected chi connectivity index (χ3v) is 5.74. The Morgan fingerprint density at radius 1 is 1.10 bits per heavy atom. The van der Waals surface area contributed by atoms with E-state index in [0.29, 0.717) is 16.3 Å². The number of benzene rings is 2. The van der Waals surface area contributed by atoms with Crippen LogP contribution in [0.3, 0.4) is 0 Å². The van der Waals surface area contributed by atoms with Crippen LogP contribution in [0.5, 0.6) is 0 Å². The van der Waals surface area contributed by atoms with E-state index in [9.17, 15) is 14.0 Å². The van der Waals surface area contributed by atoms with Gasteiger partial charge in [-0.25, -0.2) is 4.39 Å². The zero-order valence-corrected chi connectivity index (χ0v) is 19.3. The third kappa shape index (κ3) is 7.33. The maximum Gasteiger partial charge on any atom is 0.242 e. The van der Waals surface area contributed by atoms with Crippen LogP contribution in [0.1, 0.15) is 38.8 Å². The first kappa shape index (κ1) is 24.2. The van der Waals surface area contributed by atoms with Gasteiger partial charge in [-0.2, -0.15) is 0 Å². The van der Waals surface area contributed by atoms with Gasteiger partial charge in [-0.15, -0.1) is 11.8 Å². The van der Waals surface area contributed by atoms with Crippen molar-refractivity contribution < 1.29 is 14.0 Å². The van der Waals surface area contributed by atoms with Gasteiger partial charge < -0.3 is 10.2 Å². The zero-order chi connectivity index (χ0) is 22.3. The number of amides is 2. The van der Waals surface area contributed by atoms with Gasteiger partial charge in [0, 0.05) is 22.9 Å². The average Bonchev–Trinajstić information content (AvgIpc) is 2.67. The van der Waals surface area contributed by atoms with Crippen LogP contribution in [-0.4, -0.2) is 34.0 Å². The number of nitrogens with zero attached hydrogens (tertiary/aromatic N) is 1. The molecule has 0 saturated heterocycles. The molecule has 0 aliphatic heterocycles. The minimum absolute atomic E-state index is 0.131. The monoisotopic (exact) mass is 450 g/mol. The molecule has 0 aliphatic carbocycles. The fourth-order valence-corrected chi connectivity index (χ4v) is 3.91. The predicted octanol–water partition coefficient (Wildman–Crippen LogP) is 5.04. The van der Waals surface area contributed by atoms with Crippen molar-refractivity contribution in [3.8, 4) is 0 Å². The van der Waals surface area contributed by atoms with E-state index in [4.69, 9.17) is 11.6 Å². The molecule has 0 saturated carbocycles. The van der Waals surface area contributed by atoms with Crippen LogP contribution in [0, 0.1) is 5.82 Å². The highest BCUT2D eigenvalue weighted by atomic mass is 35.5. The van der Waals surface area contributed by atoms with Crippen LogP contribution in [0.4, 0.5) is 4.39 Å². The molecule has 0 unspecified atom stereocenters. The Bertz CT molecular complexity index is 886. The first-order chi connectivity index (χ1) is 14.1. The minimum Gasteiger partial charge on any atom is -0.350 e. The SMILES string of the molecule is C[C@H](C(=O)NC(C)(C)C)N(Cc1ccccc1Cl)C(=O)CSCc1ccccc1F. The maximum atomic E-state index is 13.8. The van der Waals surface area contributed by atoms with E-state index in [-0.39, 0.29) is 29.9 Å². The van der Waals surface area contributed by atoms with E-state index in [0.717, 1.165) is 5.56 Å². The van der Waals surface area contributed by atoms with E-state index >= 15 is 0 Å². The number of halogens is 2. The summed E-state index contributed by atoms with van der Waals surface area (Å²) in [7, 11) is 0. The summed E-state index contributed by atoms with van der Waals surface area (Å²) in [5.74, 6) is -0.217. The fourth-order valence-electron chi connectivity index (χ4n) is 2.81. The topological polar surface area (TPSA) is 49.4 Å². The highest BCUT2D eigenvalue weighted by Crippen LogP contribution is 2.21. The van der Waals surface area contributed by atoms with Crippen LogP contribution >= 0.6 is 23.4 Å². The van der Waals surface area contributed by atoms with Crippen LogP contribution in [0.2, 0.25) is 5.02 Å². The van der Waals surface area contributed by atoms with Gasteiger partial charge in [0.2, 0.25) is 11.8 Å². The molecule has 0 fully saturated rings. The minimum atomic E-state index is -0.679. The summed E-state index contributed by atoms with van der Waals surface area (Å²) in [6, 6.07) is 13.1. The molecule has 0 heterocycles. The average molecular weight is 451 g/mol. The molecule has 0 aromatic heterocycles. The molecule has 0 bridgehead atoms. The smallest absolute Gasteiger partial charge is 0.242 e. The Labute approximate surface area is 187 Å². The van der Waals surface area contributed by atoms with Crippen molar-refractivity contribution in [1.82, 2.24) is 10.2 Å². The van der Waals surface area contributed by atoms with Crippen molar-refractivity contribution in [3.63, 3.8) is 0 Å². The molecule has 162 valence electrons. The summed E-state index contributed by atoms with van der Waals surface area (Å²) in [4.78, 5) is 27.3. The molecule has 2 rings (SSSR count). The van der Waals surface area contributed by atoms with Crippen molar-refractivity contribution in [2.24, 2.45) is 0 Å². The molecule has 2 aromatic carbocycles. The predicted molar refractivity (Wildman–Crippen MR) is 122 cm³/mol. The normalized spacial score (nSPS) is 12.3. The van der Waals surface area contributed by atoms with Crippen LogP contribution in [-0.2, 0) is 21.9 Å². The Kier molecular flexibility index (Phi) is 8.74. The summed E-state index contributed by atoms with van der Waals surface area (Å²) in [6.45, 7) is 7.60. The van der Waals surface area contributed by atoms with E-state index < -0.39 is 11.6 Å². The number of nitrogens with one attached hydrogen (secondary N) is 1. The third-order valence-electron chi connectivity index (χ3n) is 4.40. The molecule has 0 radical (unpaired) electrons. The van der Waals surface area contributed by atoms with E-state index in [1.807, 2.05) is 39.0 Å². The summed E-state index contributed by atoms with van der Waals surface area (Å²) in [5, 5.41) is 3.46. The summed E-state index contributed by atoms with van der Waals surface area (Å²) in [5.41, 5.74) is 0.901. The lowest BCUT2D eigenvalue weighted by atomic mass is 10.1. The second-order valence-electron chi connectivity index (χ2n) is 8.11. The van der Waals surface area contributed by atoms with Crippen molar-refractivity contribution in [3.05, 3.63) is 70.5 Å². The van der Waals surface area contributed by atoms with Gasteiger partial charge in [0.05, 0.1) is 5.75 Å². The molecule has 7 heteroatoms. The number of hydrogen-bond donors (Lipinski definition) is 1. The van der Waals surface area contributed by atoms with Gasteiger partial charge in [0.25, 0.3) is 0 Å². The van der Waals surface area contributed by atoms with Gasteiger partial charge in [-0.05, 0) is 51.0 Å². The quantitative estimate of drug-likeness (QED) is 0.612. The Morgan fingerprint density at radius 2 is 1.70 bits per heavy atom. The van der Waals surface area contributed by atoms with Crippen molar-refractivity contribution in [1.29, 1.82) is 0 Å². The molecule has 0 spiro atoms. The van der Waals surface area contributed by atoms with Crippen molar-refractivity contribution in [2.75, 3.05) is 5.75 Å². The van der Waals surface area contributed by atoms with Crippen LogP contribution in [0.15, 0.2) is 48.5 Å². The van der Waals surface area contributed by atoms with Gasteiger partial charge in [0.15, 0.2) is 0 Å². The molecule has 2 amide bonds. The highest BCUT2D eigenvalue weighted by molar-refractivity contribution is 7.99. The number of rotatable bonds is 8. The Hall–Kier alpha value is -2.05. The summed E-state index contributed by atoms with van der Waals surface area (Å²) < 4.78 is 13.8. The lowest BCUT2D eigenvalue weighted by molar-refractivity contribution is -0.139. The molecule has 1 atom stereocenters. The molecule has 2 aromatic rings. The summed E-state index contributed by atoms with van der Waals surface area (Å²) in [6.07, 6.45) is 0. The Balaban J connectivity index is 2.13. The van der Waals surface area contributed by atoms with Gasteiger partial charge >= 0.3 is 0 Å². The van der Waals surface area contributed by atoms with Gasteiger partial charge in [-0.1, -0.05) is 48.0 Å². The molecule has 4 nitrogen and oxygen atoms in total. The molecule has 1 N–H and O–H groups in total. The number of hydrogen-bond acceptors (Lipinski definition) is 3. The Morgan fingerprint density at radius 3 is 2.30 bits per heavy atom. The zero-order valence-electron chi connectivity index (χ0n) is 17.7. The lowest BCUT2D eigenvalue weighted by Crippen LogP contribution is -2.52. The maximum absolute atomic E-state index is 13.8. The van der Waals surface area contributed by atoms with Crippen LogP contribution in [0.25, 0.3) is 0 Å². The second-order valence-corrected chi connectivity index (χ2v) is 9.51. The highest BCUT2D eigenvalue weighted by Gasteiger charge is 2.28. The van der Waals surface area contributed by atoms with E-state index in [1.54, 1.807) is 31.2 Å². The largest absolute Gasteiger partial charge is 0.350 e. The lowest BCUT2D eigenvalue weighted by Gasteiger charge is -2.31. The van der Waals surface area contributed by atoms with Gasteiger partial charge in [0.1, 0.15) is 11.9 Å². The first-order valence-electron chi connectivity index (χ1n) is 9.74. The standard InChI is InChI=1S/C23H28ClFN2O2S/c1-16(22(29)26-23(2,3)4)27(13-17-9-5-7-11-19(17)24)21(28)15-30-14-18-10-6-8-12-20(18)25/h5-12,16H,13-15H2,1-4H3,(H,26,29)/t16-/m1/s1. The van der Waals surface area contributed by atoms with Gasteiger partial charge in [-0.3, -0.25) is 9.59 Å². The first-order valence-corrected chi connectivity index (χ1v) is 11.3. The van der Waals surface area contributed by atoms with E-state index in [2.05, 4.69) is 5.32 Å². The number of carbonyl (C=O) groups is 2. The molecular weight excluding hydrogens is 423 g/mol. The summed E-state index contributed by atoms with van der Waals surface area (Å²) >= 11 is 7.60. The molecule has 30 heavy (non-hydrogen) atoms. The van der Waals surface area contributed by atoms with Crippen LogP contribution < -0.4 is 5.32 Å². The second kappa shape index (κ2) is 10.8. The van der Waals surface area contributed by atoms with Crippen molar-refractivity contribution in [2.45, 2.75) is 51.6 Å². The van der Waals surface area contributed by atoms with Crippen molar-refractivity contribution >= 4 is 35.2 Å².